The molecule has 2 N–H and O–H groups in total. The van der Waals surface area contributed by atoms with Crippen molar-refractivity contribution in [1.82, 2.24) is 15.5 Å². The van der Waals surface area contributed by atoms with Crippen LogP contribution in [0.1, 0.15) is 37.8 Å². The predicted octanol–water partition coefficient (Wildman–Crippen LogP) is 4.36. The Labute approximate surface area is 183 Å². The summed E-state index contributed by atoms with van der Waals surface area (Å²) in [4.78, 5) is 6.70. The zero-order chi connectivity index (χ0) is 19.9. The number of likely N-dealkylation sites (tertiary alicyclic amines) is 1. The fraction of sp³-hybridized carbons (Fsp3) is 0.650. The number of benzene rings is 1. The van der Waals surface area contributed by atoms with Gasteiger partial charge >= 0.3 is 6.18 Å². The molecule has 4 nitrogen and oxygen atoms in total. The number of hydrogen-bond donors (Lipinski definition) is 2. The third kappa shape index (κ3) is 8.55. The molecule has 2 rings (SSSR count). The molecule has 0 aliphatic carbocycles. The standard InChI is InChI=1S/C20H31F3N4.HI/c1-15(2)13-27-9-5-7-17(14-27)12-26-19(24-3)25-11-16-6-4-8-18(10-16)20(21,22)23;/h4,6,8,10,15,17H,5,7,9,11-14H2,1-3H3,(H2,24,25,26);1H. The minimum absolute atomic E-state index is 0. The summed E-state index contributed by atoms with van der Waals surface area (Å²) in [6, 6.07) is 5.37. The van der Waals surface area contributed by atoms with Gasteiger partial charge in [-0.3, -0.25) is 4.99 Å². The second-order valence-electron chi connectivity index (χ2n) is 7.67. The summed E-state index contributed by atoms with van der Waals surface area (Å²) in [5.41, 5.74) is -0.0502. The van der Waals surface area contributed by atoms with E-state index in [1.54, 1.807) is 13.1 Å². The normalized spacial score (nSPS) is 18.7. The molecule has 1 aliphatic heterocycles. The third-order valence-corrected chi connectivity index (χ3v) is 4.72. The maximum absolute atomic E-state index is 12.8. The quantitative estimate of drug-likeness (QED) is 0.338. The van der Waals surface area contributed by atoms with Gasteiger partial charge < -0.3 is 15.5 Å². The lowest BCUT2D eigenvalue weighted by atomic mass is 9.97. The number of nitrogens with one attached hydrogen (secondary N) is 2. The first kappa shape index (κ1) is 25.0. The lowest BCUT2D eigenvalue weighted by molar-refractivity contribution is -0.137. The number of halogens is 4. The summed E-state index contributed by atoms with van der Waals surface area (Å²) < 4.78 is 38.4. The summed E-state index contributed by atoms with van der Waals surface area (Å²) in [6.45, 7) is 8.96. The van der Waals surface area contributed by atoms with E-state index < -0.39 is 11.7 Å². The number of guanidine groups is 1. The topological polar surface area (TPSA) is 39.7 Å². The lowest BCUT2D eigenvalue weighted by Gasteiger charge is -2.34. The number of piperidine rings is 1. The number of hydrogen-bond acceptors (Lipinski definition) is 2. The van der Waals surface area contributed by atoms with E-state index in [2.05, 4.69) is 34.4 Å². The van der Waals surface area contributed by atoms with Crippen LogP contribution < -0.4 is 10.6 Å². The molecule has 0 amide bonds. The molecule has 8 heteroatoms. The van der Waals surface area contributed by atoms with Crippen molar-refractivity contribution in [2.24, 2.45) is 16.8 Å². The smallest absolute Gasteiger partial charge is 0.356 e. The van der Waals surface area contributed by atoms with Gasteiger partial charge in [-0.1, -0.05) is 26.0 Å². The molecule has 1 saturated heterocycles. The van der Waals surface area contributed by atoms with Gasteiger partial charge in [-0.15, -0.1) is 24.0 Å². The highest BCUT2D eigenvalue weighted by Gasteiger charge is 2.30. The molecule has 0 radical (unpaired) electrons. The molecule has 160 valence electrons. The van der Waals surface area contributed by atoms with Gasteiger partial charge in [0, 0.05) is 33.2 Å². The minimum Gasteiger partial charge on any atom is -0.356 e. The zero-order valence-corrected chi connectivity index (χ0v) is 19.2. The van der Waals surface area contributed by atoms with Crippen LogP contribution in [0.25, 0.3) is 0 Å². The molecular weight excluding hydrogens is 480 g/mol. The minimum atomic E-state index is -4.32. The zero-order valence-electron chi connectivity index (χ0n) is 16.9. The number of rotatable bonds is 6. The Morgan fingerprint density at radius 1 is 1.29 bits per heavy atom. The van der Waals surface area contributed by atoms with Crippen LogP contribution in [0.3, 0.4) is 0 Å². The second kappa shape index (κ2) is 11.8. The van der Waals surface area contributed by atoms with Gasteiger partial charge in [-0.05, 0) is 48.9 Å². The highest BCUT2D eigenvalue weighted by atomic mass is 127. The molecule has 1 heterocycles. The van der Waals surface area contributed by atoms with E-state index in [-0.39, 0.29) is 24.0 Å². The van der Waals surface area contributed by atoms with Crippen LogP contribution in [0.2, 0.25) is 0 Å². The Bertz CT molecular complexity index is 620. The maximum atomic E-state index is 12.8. The second-order valence-corrected chi connectivity index (χ2v) is 7.67. The molecular formula is C20H32F3IN4. The van der Waals surface area contributed by atoms with E-state index in [1.165, 1.54) is 25.0 Å². The summed E-state index contributed by atoms with van der Waals surface area (Å²) in [5.74, 6) is 1.84. The maximum Gasteiger partial charge on any atom is 0.416 e. The Hall–Kier alpha value is -1.03. The van der Waals surface area contributed by atoms with Gasteiger partial charge in [0.25, 0.3) is 0 Å². The number of alkyl halides is 3. The average molecular weight is 512 g/mol. The first-order valence-corrected chi connectivity index (χ1v) is 9.61. The predicted molar refractivity (Wildman–Crippen MR) is 119 cm³/mol. The van der Waals surface area contributed by atoms with Gasteiger partial charge in [-0.2, -0.15) is 13.2 Å². The van der Waals surface area contributed by atoms with Crippen molar-refractivity contribution in [2.75, 3.05) is 33.2 Å². The SMILES string of the molecule is CN=C(NCc1cccc(C(F)(F)F)c1)NCC1CCCN(CC(C)C)C1.I. The van der Waals surface area contributed by atoms with E-state index in [4.69, 9.17) is 0 Å². The van der Waals surface area contributed by atoms with Crippen molar-refractivity contribution in [3.8, 4) is 0 Å². The Kier molecular flexibility index (Phi) is 10.6. The van der Waals surface area contributed by atoms with Gasteiger partial charge in [0.1, 0.15) is 0 Å². The van der Waals surface area contributed by atoms with Gasteiger partial charge in [0.15, 0.2) is 5.96 Å². The first-order chi connectivity index (χ1) is 12.8. The largest absolute Gasteiger partial charge is 0.416 e. The van der Waals surface area contributed by atoms with Crippen LogP contribution in [0.15, 0.2) is 29.3 Å². The number of nitrogens with zero attached hydrogens (tertiary/aromatic N) is 2. The van der Waals surface area contributed by atoms with Crippen LogP contribution in [-0.4, -0.2) is 44.1 Å². The Morgan fingerprint density at radius 3 is 2.68 bits per heavy atom. The summed E-state index contributed by atoms with van der Waals surface area (Å²) in [7, 11) is 1.67. The summed E-state index contributed by atoms with van der Waals surface area (Å²) in [6.07, 6.45) is -1.93. The molecule has 1 fully saturated rings. The highest BCUT2D eigenvalue weighted by Crippen LogP contribution is 2.29. The first-order valence-electron chi connectivity index (χ1n) is 9.61. The van der Waals surface area contributed by atoms with Gasteiger partial charge in [0.2, 0.25) is 0 Å². The lowest BCUT2D eigenvalue weighted by Crippen LogP contribution is -2.45. The molecule has 1 atom stereocenters. The van der Waals surface area contributed by atoms with Crippen LogP contribution in [0.4, 0.5) is 13.2 Å². The van der Waals surface area contributed by atoms with E-state index in [0.717, 1.165) is 32.2 Å². The Morgan fingerprint density at radius 2 is 2.04 bits per heavy atom. The van der Waals surface area contributed by atoms with E-state index in [1.807, 2.05) is 0 Å². The van der Waals surface area contributed by atoms with Crippen molar-refractivity contribution in [2.45, 2.75) is 39.4 Å². The summed E-state index contributed by atoms with van der Waals surface area (Å²) in [5, 5.41) is 6.42. The molecule has 1 aromatic carbocycles. The fourth-order valence-corrected chi connectivity index (χ4v) is 3.51. The van der Waals surface area contributed by atoms with Gasteiger partial charge in [0.05, 0.1) is 5.56 Å². The molecule has 0 bridgehead atoms. The van der Waals surface area contributed by atoms with E-state index in [0.29, 0.717) is 29.9 Å². The van der Waals surface area contributed by atoms with E-state index >= 15 is 0 Å². The van der Waals surface area contributed by atoms with Crippen LogP contribution >= 0.6 is 24.0 Å². The van der Waals surface area contributed by atoms with Crippen LogP contribution in [-0.2, 0) is 12.7 Å². The Balaban J connectivity index is 0.00000392. The van der Waals surface area contributed by atoms with Crippen molar-refractivity contribution in [3.63, 3.8) is 0 Å². The molecule has 1 unspecified atom stereocenters. The van der Waals surface area contributed by atoms with Gasteiger partial charge in [-0.25, -0.2) is 0 Å². The monoisotopic (exact) mass is 512 g/mol. The van der Waals surface area contributed by atoms with Crippen molar-refractivity contribution in [1.29, 1.82) is 0 Å². The summed E-state index contributed by atoms with van der Waals surface area (Å²) >= 11 is 0. The molecule has 0 spiro atoms. The average Bonchev–Trinajstić information content (AvgIpc) is 2.61. The van der Waals surface area contributed by atoms with E-state index in [9.17, 15) is 13.2 Å². The number of aliphatic imine (C=N–C) groups is 1. The van der Waals surface area contributed by atoms with Crippen molar-refractivity contribution in [3.05, 3.63) is 35.4 Å². The molecule has 1 aromatic rings. The molecule has 0 saturated carbocycles. The molecule has 1 aliphatic rings. The van der Waals surface area contributed by atoms with Crippen LogP contribution in [0.5, 0.6) is 0 Å². The highest BCUT2D eigenvalue weighted by molar-refractivity contribution is 14.0. The van der Waals surface area contributed by atoms with Crippen molar-refractivity contribution < 1.29 is 13.2 Å². The van der Waals surface area contributed by atoms with Crippen molar-refractivity contribution >= 4 is 29.9 Å². The molecule has 0 aromatic heterocycles. The third-order valence-electron chi connectivity index (χ3n) is 4.72. The van der Waals surface area contributed by atoms with Crippen LogP contribution in [0, 0.1) is 11.8 Å². The fourth-order valence-electron chi connectivity index (χ4n) is 3.51. The molecule has 28 heavy (non-hydrogen) atoms.